The fourth-order valence-electron chi connectivity index (χ4n) is 3.70. The second-order valence-corrected chi connectivity index (χ2v) is 6.98. The lowest BCUT2D eigenvalue weighted by Crippen LogP contribution is -2.60. The molecule has 20 heavy (non-hydrogen) atoms. The summed E-state index contributed by atoms with van der Waals surface area (Å²) in [5.74, 6) is 0.334. The van der Waals surface area contributed by atoms with Crippen LogP contribution in [0, 0.1) is 5.92 Å². The van der Waals surface area contributed by atoms with Crippen molar-refractivity contribution in [3.63, 3.8) is 0 Å². The molecule has 2 heterocycles. The molecule has 0 radical (unpaired) electrons. The van der Waals surface area contributed by atoms with Crippen LogP contribution >= 0.6 is 0 Å². The Morgan fingerprint density at radius 3 is 2.90 bits per heavy atom. The number of hydrogen-bond acceptors (Lipinski definition) is 4. The highest BCUT2D eigenvalue weighted by Crippen LogP contribution is 2.39. The number of carbonyl (C=O) groups is 1. The Kier molecular flexibility index (Phi) is 3.77. The Labute approximate surface area is 120 Å². The maximum absolute atomic E-state index is 12.3. The molecule has 3 aliphatic rings. The summed E-state index contributed by atoms with van der Waals surface area (Å²) in [6.45, 7) is 5.22. The van der Waals surface area contributed by atoms with E-state index < -0.39 is 5.60 Å². The van der Waals surface area contributed by atoms with Crippen molar-refractivity contribution in [3.8, 4) is 0 Å². The van der Waals surface area contributed by atoms with Crippen molar-refractivity contribution in [2.45, 2.75) is 50.2 Å². The van der Waals surface area contributed by atoms with E-state index in [4.69, 9.17) is 4.74 Å². The molecule has 2 saturated heterocycles. The molecule has 5 nitrogen and oxygen atoms in total. The first-order valence-electron chi connectivity index (χ1n) is 7.86. The number of nitrogens with one attached hydrogen (secondary N) is 1. The Bertz CT molecular complexity index is 383. The predicted molar refractivity (Wildman–Crippen MR) is 75.3 cm³/mol. The standard InChI is InChI=1S/C15H26N2O3/c1-14(10-16-11-14)20-9-13(18)17-7-6-15(19)5-3-2-4-12(15)8-17/h12,16,19H,2-11H2,1H3. The minimum atomic E-state index is -0.514. The van der Waals surface area contributed by atoms with Crippen LogP contribution in [0.3, 0.4) is 0 Å². The van der Waals surface area contributed by atoms with Crippen molar-refractivity contribution in [2.24, 2.45) is 5.92 Å². The fraction of sp³-hybridized carbons (Fsp3) is 0.933. The largest absolute Gasteiger partial charge is 0.389 e. The summed E-state index contributed by atoms with van der Waals surface area (Å²) < 4.78 is 5.73. The monoisotopic (exact) mass is 282 g/mol. The molecule has 3 rings (SSSR count). The van der Waals surface area contributed by atoms with Gasteiger partial charge in [0.25, 0.3) is 0 Å². The first kappa shape index (κ1) is 14.3. The van der Waals surface area contributed by atoms with Gasteiger partial charge < -0.3 is 20.1 Å². The summed E-state index contributed by atoms with van der Waals surface area (Å²) in [6.07, 6.45) is 4.97. The predicted octanol–water partition coefficient (Wildman–Crippen LogP) is 0.518. The molecule has 1 saturated carbocycles. The number of amides is 1. The number of carbonyl (C=O) groups excluding carboxylic acids is 1. The minimum Gasteiger partial charge on any atom is -0.389 e. The molecule has 0 aromatic heterocycles. The van der Waals surface area contributed by atoms with Crippen molar-refractivity contribution < 1.29 is 14.6 Å². The zero-order chi connectivity index (χ0) is 14.2. The lowest BCUT2D eigenvalue weighted by molar-refractivity contribution is -0.155. The second kappa shape index (κ2) is 5.28. The van der Waals surface area contributed by atoms with Gasteiger partial charge in [0.1, 0.15) is 6.61 Å². The lowest BCUT2D eigenvalue weighted by Gasteiger charge is -2.47. The Hall–Kier alpha value is -0.650. The number of rotatable bonds is 3. The van der Waals surface area contributed by atoms with Gasteiger partial charge in [0.15, 0.2) is 0 Å². The number of piperidine rings is 1. The normalized spacial score (nSPS) is 36.1. The van der Waals surface area contributed by atoms with Crippen LogP contribution in [0.15, 0.2) is 0 Å². The van der Waals surface area contributed by atoms with Crippen molar-refractivity contribution in [2.75, 3.05) is 32.8 Å². The summed E-state index contributed by atoms with van der Waals surface area (Å²) in [7, 11) is 0. The average Bonchev–Trinajstić information content (AvgIpc) is 2.41. The number of aliphatic hydroxyl groups is 1. The van der Waals surface area contributed by atoms with E-state index in [-0.39, 0.29) is 24.0 Å². The third-order valence-corrected chi connectivity index (χ3v) is 5.32. The zero-order valence-corrected chi connectivity index (χ0v) is 12.4. The Morgan fingerprint density at radius 2 is 2.20 bits per heavy atom. The molecular weight excluding hydrogens is 256 g/mol. The van der Waals surface area contributed by atoms with Gasteiger partial charge in [-0.25, -0.2) is 0 Å². The van der Waals surface area contributed by atoms with Crippen LogP contribution < -0.4 is 5.32 Å². The van der Waals surface area contributed by atoms with Crippen LogP contribution in [0.4, 0.5) is 0 Å². The van der Waals surface area contributed by atoms with Crippen LogP contribution in [0.5, 0.6) is 0 Å². The number of ether oxygens (including phenoxy) is 1. The van der Waals surface area contributed by atoms with Crippen LogP contribution in [-0.4, -0.2) is 59.9 Å². The van der Waals surface area contributed by atoms with Crippen molar-refractivity contribution in [1.82, 2.24) is 10.2 Å². The highest BCUT2D eigenvalue weighted by atomic mass is 16.5. The van der Waals surface area contributed by atoms with Crippen molar-refractivity contribution in [3.05, 3.63) is 0 Å². The summed E-state index contributed by atoms with van der Waals surface area (Å²) in [5, 5.41) is 13.8. The van der Waals surface area contributed by atoms with E-state index >= 15 is 0 Å². The number of fused-ring (bicyclic) bond motifs is 1. The third-order valence-electron chi connectivity index (χ3n) is 5.32. The molecule has 0 aromatic rings. The van der Waals surface area contributed by atoms with Gasteiger partial charge in [-0.3, -0.25) is 4.79 Å². The van der Waals surface area contributed by atoms with Crippen LogP contribution in [0.25, 0.3) is 0 Å². The molecule has 1 amide bonds. The molecule has 2 N–H and O–H groups in total. The lowest BCUT2D eigenvalue weighted by atomic mass is 9.71. The van der Waals surface area contributed by atoms with E-state index in [2.05, 4.69) is 5.32 Å². The van der Waals surface area contributed by atoms with E-state index in [1.54, 1.807) is 0 Å². The molecule has 0 spiro atoms. The first-order chi connectivity index (χ1) is 9.51. The van der Waals surface area contributed by atoms with Crippen molar-refractivity contribution >= 4 is 5.91 Å². The summed E-state index contributed by atoms with van der Waals surface area (Å²) in [4.78, 5) is 14.2. The molecular formula is C15H26N2O3. The van der Waals surface area contributed by atoms with Gasteiger partial charge in [0, 0.05) is 32.1 Å². The molecule has 114 valence electrons. The van der Waals surface area contributed by atoms with Gasteiger partial charge in [-0.1, -0.05) is 12.8 Å². The van der Waals surface area contributed by atoms with Gasteiger partial charge in [0.05, 0.1) is 11.2 Å². The topological polar surface area (TPSA) is 61.8 Å². The maximum atomic E-state index is 12.3. The number of nitrogens with zero attached hydrogens (tertiary/aromatic N) is 1. The second-order valence-electron chi connectivity index (χ2n) is 6.98. The summed E-state index contributed by atoms with van der Waals surface area (Å²) in [5.41, 5.74) is -0.684. The van der Waals surface area contributed by atoms with Gasteiger partial charge in [-0.15, -0.1) is 0 Å². The van der Waals surface area contributed by atoms with E-state index in [1.807, 2.05) is 11.8 Å². The van der Waals surface area contributed by atoms with E-state index in [0.717, 1.165) is 38.8 Å². The SMILES string of the molecule is CC1(OCC(=O)N2CCC3(O)CCCCC3C2)CNC1. The van der Waals surface area contributed by atoms with Crippen molar-refractivity contribution in [1.29, 1.82) is 0 Å². The van der Waals surface area contributed by atoms with Crippen LogP contribution in [-0.2, 0) is 9.53 Å². The van der Waals surface area contributed by atoms with E-state index in [0.29, 0.717) is 13.1 Å². The van der Waals surface area contributed by atoms with E-state index in [1.165, 1.54) is 6.42 Å². The molecule has 1 aliphatic carbocycles. The first-order valence-corrected chi connectivity index (χ1v) is 7.86. The Balaban J connectivity index is 1.52. The molecule has 3 fully saturated rings. The summed E-state index contributed by atoms with van der Waals surface area (Å²) in [6, 6.07) is 0. The molecule has 2 atom stereocenters. The highest BCUT2D eigenvalue weighted by Gasteiger charge is 2.44. The smallest absolute Gasteiger partial charge is 0.248 e. The quantitative estimate of drug-likeness (QED) is 0.792. The van der Waals surface area contributed by atoms with Gasteiger partial charge >= 0.3 is 0 Å². The van der Waals surface area contributed by atoms with Gasteiger partial charge in [-0.2, -0.15) is 0 Å². The fourth-order valence-corrected chi connectivity index (χ4v) is 3.70. The molecule has 5 heteroatoms. The van der Waals surface area contributed by atoms with Gasteiger partial charge in [0.2, 0.25) is 5.91 Å². The molecule has 2 unspecified atom stereocenters. The maximum Gasteiger partial charge on any atom is 0.248 e. The number of likely N-dealkylation sites (tertiary alicyclic amines) is 1. The van der Waals surface area contributed by atoms with Crippen LogP contribution in [0.2, 0.25) is 0 Å². The summed E-state index contributed by atoms with van der Waals surface area (Å²) >= 11 is 0. The van der Waals surface area contributed by atoms with E-state index in [9.17, 15) is 9.90 Å². The van der Waals surface area contributed by atoms with Gasteiger partial charge in [-0.05, 0) is 26.2 Å². The molecule has 2 aliphatic heterocycles. The third kappa shape index (κ3) is 2.71. The Morgan fingerprint density at radius 1 is 1.40 bits per heavy atom. The van der Waals surface area contributed by atoms with Crippen LogP contribution in [0.1, 0.15) is 39.0 Å². The zero-order valence-electron chi connectivity index (χ0n) is 12.4. The minimum absolute atomic E-state index is 0.0748. The highest BCUT2D eigenvalue weighted by molar-refractivity contribution is 5.77. The average molecular weight is 282 g/mol. The number of hydrogen-bond donors (Lipinski definition) is 2. The molecule has 0 aromatic carbocycles. The molecule has 0 bridgehead atoms.